The van der Waals surface area contributed by atoms with Crippen LogP contribution < -0.4 is 0 Å². The molecular formula is C17H18BrNO2S. The number of halogens is 1. The first-order valence-electron chi connectivity index (χ1n) is 6.97. The Morgan fingerprint density at radius 3 is 2.27 bits per heavy atom. The Hall–Kier alpha value is -1.33. The molecule has 0 saturated carbocycles. The molecule has 1 aromatic heterocycles. The van der Waals surface area contributed by atoms with Crippen LogP contribution in [0, 0.1) is 13.8 Å². The van der Waals surface area contributed by atoms with Crippen LogP contribution in [0.15, 0.2) is 33.6 Å². The number of ketones is 2. The molecule has 0 aliphatic rings. The number of benzene rings is 1. The molecule has 1 N–H and O–H groups in total. The van der Waals surface area contributed by atoms with Gasteiger partial charge in [0.25, 0.3) is 0 Å². The molecule has 3 nitrogen and oxygen atoms in total. The lowest BCUT2D eigenvalue weighted by Crippen LogP contribution is -2.15. The molecule has 0 saturated heterocycles. The molecule has 0 aliphatic carbocycles. The van der Waals surface area contributed by atoms with E-state index in [4.69, 9.17) is 0 Å². The highest BCUT2D eigenvalue weighted by atomic mass is 79.9. The number of thioether (sulfide) groups is 1. The van der Waals surface area contributed by atoms with Gasteiger partial charge in [0.05, 0.1) is 10.9 Å². The smallest absolute Gasteiger partial charge is 0.192 e. The number of nitrogens with one attached hydrogen (secondary N) is 1. The number of rotatable bonds is 5. The summed E-state index contributed by atoms with van der Waals surface area (Å²) in [5.41, 5.74) is 2.68. The summed E-state index contributed by atoms with van der Waals surface area (Å²) < 4.78 is 1.01. The van der Waals surface area contributed by atoms with Crippen molar-refractivity contribution in [3.8, 4) is 0 Å². The second-order valence-corrected chi connectivity index (χ2v) is 7.59. The topological polar surface area (TPSA) is 49.9 Å². The minimum Gasteiger partial charge on any atom is -0.355 e. The number of hydrogen-bond acceptors (Lipinski definition) is 3. The molecule has 0 aliphatic heterocycles. The first-order chi connectivity index (χ1) is 10.3. The third-order valence-electron chi connectivity index (χ3n) is 3.53. The monoisotopic (exact) mass is 379 g/mol. The number of carbonyl (C=O) groups excluding carboxylic acids is 2. The van der Waals surface area contributed by atoms with E-state index in [9.17, 15) is 9.59 Å². The van der Waals surface area contributed by atoms with E-state index in [1.165, 1.54) is 18.7 Å². The SMILES string of the molecule is CC(=O)c1c(C)[nH]c(C(=O)[C@@H](C)Sc2ccc(Br)cc2)c1C. The minimum absolute atomic E-state index is 0.0148. The quantitative estimate of drug-likeness (QED) is 0.589. The zero-order valence-corrected chi connectivity index (χ0v) is 15.4. The number of aromatic amines is 1. The van der Waals surface area contributed by atoms with Crippen molar-refractivity contribution in [3.05, 3.63) is 51.3 Å². The summed E-state index contributed by atoms with van der Waals surface area (Å²) in [5, 5.41) is -0.224. The standard InChI is InChI=1S/C17H18BrNO2S/c1-9-15(11(3)20)10(2)19-16(9)17(21)12(4)22-14-7-5-13(18)6-8-14/h5-8,12,19H,1-4H3/t12-/m1/s1. The fraction of sp³-hybridized carbons (Fsp3) is 0.294. The zero-order valence-electron chi connectivity index (χ0n) is 13.0. The summed E-state index contributed by atoms with van der Waals surface area (Å²) in [5.74, 6) is -0.000431. The summed E-state index contributed by atoms with van der Waals surface area (Å²) in [7, 11) is 0. The molecule has 0 bridgehead atoms. The Labute approximate surface area is 143 Å². The summed E-state index contributed by atoms with van der Waals surface area (Å²) in [6.45, 7) is 7.06. The number of aryl methyl sites for hydroxylation is 1. The maximum absolute atomic E-state index is 12.7. The molecule has 0 radical (unpaired) electrons. The van der Waals surface area contributed by atoms with Crippen molar-refractivity contribution in [2.45, 2.75) is 37.8 Å². The van der Waals surface area contributed by atoms with Crippen molar-refractivity contribution in [3.63, 3.8) is 0 Å². The van der Waals surface area contributed by atoms with Crippen LogP contribution in [0.3, 0.4) is 0 Å². The fourth-order valence-electron chi connectivity index (χ4n) is 2.50. The highest BCUT2D eigenvalue weighted by Crippen LogP contribution is 2.28. The summed E-state index contributed by atoms with van der Waals surface area (Å²) in [6, 6.07) is 7.87. The van der Waals surface area contributed by atoms with Gasteiger partial charge in [0.1, 0.15) is 0 Å². The third kappa shape index (κ3) is 3.52. The lowest BCUT2D eigenvalue weighted by Gasteiger charge is -2.10. The van der Waals surface area contributed by atoms with Gasteiger partial charge in [-0.2, -0.15) is 0 Å². The van der Waals surface area contributed by atoms with Crippen LogP contribution in [-0.2, 0) is 0 Å². The van der Waals surface area contributed by atoms with E-state index >= 15 is 0 Å². The van der Waals surface area contributed by atoms with Crippen LogP contribution in [0.1, 0.15) is 46.0 Å². The van der Waals surface area contributed by atoms with Crippen LogP contribution in [-0.4, -0.2) is 21.8 Å². The van der Waals surface area contributed by atoms with E-state index in [1.807, 2.05) is 45.0 Å². The summed E-state index contributed by atoms with van der Waals surface area (Å²) in [4.78, 5) is 28.4. The molecule has 1 aromatic carbocycles. The predicted octanol–water partition coefficient (Wildman–Crippen LogP) is 4.96. The largest absolute Gasteiger partial charge is 0.355 e. The molecule has 1 atom stereocenters. The number of hydrogen-bond donors (Lipinski definition) is 1. The molecule has 22 heavy (non-hydrogen) atoms. The van der Waals surface area contributed by atoms with Crippen molar-refractivity contribution in [1.29, 1.82) is 0 Å². The van der Waals surface area contributed by atoms with Crippen LogP contribution in [0.4, 0.5) is 0 Å². The highest BCUT2D eigenvalue weighted by Gasteiger charge is 2.24. The molecule has 116 valence electrons. The molecule has 2 aromatic rings. The van der Waals surface area contributed by atoms with E-state index in [0.717, 1.165) is 20.6 Å². The number of Topliss-reactive ketones (excluding diaryl/α,β-unsaturated/α-hetero) is 2. The van der Waals surface area contributed by atoms with Gasteiger partial charge in [-0.15, -0.1) is 11.8 Å². The Morgan fingerprint density at radius 1 is 1.18 bits per heavy atom. The van der Waals surface area contributed by atoms with E-state index in [2.05, 4.69) is 20.9 Å². The molecular weight excluding hydrogens is 362 g/mol. The van der Waals surface area contributed by atoms with Gasteiger partial charge in [-0.1, -0.05) is 15.9 Å². The van der Waals surface area contributed by atoms with Gasteiger partial charge in [-0.3, -0.25) is 9.59 Å². The number of aromatic nitrogens is 1. The molecule has 5 heteroatoms. The summed E-state index contributed by atoms with van der Waals surface area (Å²) in [6.07, 6.45) is 0. The fourth-order valence-corrected chi connectivity index (χ4v) is 3.69. The van der Waals surface area contributed by atoms with Crippen molar-refractivity contribution in [1.82, 2.24) is 4.98 Å². The van der Waals surface area contributed by atoms with Crippen molar-refractivity contribution < 1.29 is 9.59 Å². The van der Waals surface area contributed by atoms with Gasteiger partial charge in [-0.05, 0) is 57.5 Å². The maximum atomic E-state index is 12.7. The van der Waals surface area contributed by atoms with Gasteiger partial charge in [-0.25, -0.2) is 0 Å². The van der Waals surface area contributed by atoms with Crippen molar-refractivity contribution in [2.24, 2.45) is 0 Å². The van der Waals surface area contributed by atoms with Gasteiger partial charge in [0.2, 0.25) is 0 Å². The average Bonchev–Trinajstić information content (AvgIpc) is 2.75. The maximum Gasteiger partial charge on any atom is 0.192 e. The number of carbonyl (C=O) groups is 2. The van der Waals surface area contributed by atoms with E-state index in [1.54, 1.807) is 0 Å². The molecule has 0 unspecified atom stereocenters. The van der Waals surface area contributed by atoms with Crippen LogP contribution in [0.2, 0.25) is 0 Å². The predicted molar refractivity (Wildman–Crippen MR) is 94.1 cm³/mol. The number of H-pyrrole nitrogens is 1. The second kappa shape index (κ2) is 6.84. The minimum atomic E-state index is -0.224. The Morgan fingerprint density at radius 2 is 1.77 bits per heavy atom. The summed E-state index contributed by atoms with van der Waals surface area (Å²) >= 11 is 4.91. The lowest BCUT2D eigenvalue weighted by atomic mass is 10.0. The molecule has 0 spiro atoms. The van der Waals surface area contributed by atoms with E-state index < -0.39 is 0 Å². The molecule has 1 heterocycles. The molecule has 0 fully saturated rings. The molecule has 2 rings (SSSR count). The molecule has 0 amide bonds. The second-order valence-electron chi connectivity index (χ2n) is 5.26. The first-order valence-corrected chi connectivity index (χ1v) is 8.65. The van der Waals surface area contributed by atoms with Gasteiger partial charge in [0, 0.05) is 20.6 Å². The Balaban J connectivity index is 2.22. The third-order valence-corrected chi connectivity index (χ3v) is 5.17. The Kier molecular flexibility index (Phi) is 5.29. The van der Waals surface area contributed by atoms with Crippen LogP contribution in [0.25, 0.3) is 0 Å². The van der Waals surface area contributed by atoms with E-state index in [0.29, 0.717) is 11.3 Å². The zero-order chi connectivity index (χ0) is 16.4. The lowest BCUT2D eigenvalue weighted by molar-refractivity contribution is 0.0988. The van der Waals surface area contributed by atoms with Gasteiger partial charge >= 0.3 is 0 Å². The highest BCUT2D eigenvalue weighted by molar-refractivity contribution is 9.10. The van der Waals surface area contributed by atoms with Crippen LogP contribution in [0.5, 0.6) is 0 Å². The van der Waals surface area contributed by atoms with Crippen molar-refractivity contribution >= 4 is 39.3 Å². The Bertz CT molecular complexity index is 719. The van der Waals surface area contributed by atoms with E-state index in [-0.39, 0.29) is 16.8 Å². The van der Waals surface area contributed by atoms with Gasteiger partial charge in [0.15, 0.2) is 11.6 Å². The van der Waals surface area contributed by atoms with Gasteiger partial charge < -0.3 is 4.98 Å². The normalized spacial score (nSPS) is 12.2. The first kappa shape index (κ1) is 17.0. The van der Waals surface area contributed by atoms with Crippen molar-refractivity contribution in [2.75, 3.05) is 0 Å². The average molecular weight is 380 g/mol. The van der Waals surface area contributed by atoms with Crippen LogP contribution >= 0.6 is 27.7 Å².